The number of likely N-dealkylation sites (N-methyl/N-ethyl adjacent to an activating group) is 1. The molecule has 1 aliphatic rings. The van der Waals surface area contributed by atoms with Gasteiger partial charge in [-0.05, 0) is 32.0 Å². The number of amides is 1. The van der Waals surface area contributed by atoms with Gasteiger partial charge in [0.25, 0.3) is 5.91 Å². The molecular formula is C15H21BrN2O2. The highest BCUT2D eigenvalue weighted by molar-refractivity contribution is 9.10. The Hall–Kier alpha value is -0.910. The molecule has 0 bridgehead atoms. The molecule has 0 aliphatic carbocycles. The van der Waals surface area contributed by atoms with Crippen LogP contribution in [0.15, 0.2) is 28.7 Å². The van der Waals surface area contributed by atoms with Crippen molar-refractivity contribution in [2.45, 2.75) is 25.5 Å². The Morgan fingerprint density at radius 1 is 1.55 bits per heavy atom. The van der Waals surface area contributed by atoms with Crippen LogP contribution >= 0.6 is 15.9 Å². The van der Waals surface area contributed by atoms with E-state index in [0.717, 1.165) is 17.4 Å². The van der Waals surface area contributed by atoms with Crippen LogP contribution < -0.4 is 5.32 Å². The van der Waals surface area contributed by atoms with Crippen LogP contribution in [0.3, 0.4) is 0 Å². The quantitative estimate of drug-likeness (QED) is 0.909. The molecule has 1 aliphatic heterocycles. The first-order chi connectivity index (χ1) is 9.56. The summed E-state index contributed by atoms with van der Waals surface area (Å²) in [7, 11) is 2.01. The molecule has 5 heteroatoms. The van der Waals surface area contributed by atoms with E-state index in [2.05, 4.69) is 32.2 Å². The van der Waals surface area contributed by atoms with E-state index >= 15 is 0 Å². The summed E-state index contributed by atoms with van der Waals surface area (Å²) < 4.78 is 6.60. The lowest BCUT2D eigenvalue weighted by atomic mass is 10.1. The van der Waals surface area contributed by atoms with Gasteiger partial charge in [-0.15, -0.1) is 0 Å². The summed E-state index contributed by atoms with van der Waals surface area (Å²) in [5.41, 5.74) is 1.20. The molecule has 1 saturated heterocycles. The number of nitrogens with zero attached hydrogens (tertiary/aromatic N) is 1. The van der Waals surface area contributed by atoms with Crippen LogP contribution in [0, 0.1) is 0 Å². The number of morpholine rings is 1. The maximum atomic E-state index is 12.2. The molecule has 0 radical (unpaired) electrons. The first kappa shape index (κ1) is 15.5. The van der Waals surface area contributed by atoms with Crippen molar-refractivity contribution >= 4 is 21.8 Å². The summed E-state index contributed by atoms with van der Waals surface area (Å²) in [6.07, 6.45) is 0.450. The average molecular weight is 341 g/mol. The van der Waals surface area contributed by atoms with E-state index < -0.39 is 0 Å². The lowest BCUT2D eigenvalue weighted by molar-refractivity contribution is -0.138. The van der Waals surface area contributed by atoms with E-state index in [1.54, 1.807) is 0 Å². The maximum Gasteiger partial charge on any atom is 0.250 e. The second-order valence-corrected chi connectivity index (χ2v) is 6.18. The van der Waals surface area contributed by atoms with Gasteiger partial charge >= 0.3 is 0 Å². The zero-order chi connectivity index (χ0) is 14.5. The summed E-state index contributed by atoms with van der Waals surface area (Å²) in [4.78, 5) is 14.3. The summed E-state index contributed by atoms with van der Waals surface area (Å²) in [6.45, 7) is 4.18. The Balaban J connectivity index is 1.86. The van der Waals surface area contributed by atoms with Gasteiger partial charge in [0.05, 0.1) is 6.61 Å². The predicted octanol–water partition coefficient (Wildman–Crippen LogP) is 1.83. The largest absolute Gasteiger partial charge is 0.366 e. The zero-order valence-corrected chi connectivity index (χ0v) is 13.5. The monoisotopic (exact) mass is 340 g/mol. The molecule has 2 rings (SSSR count). The third kappa shape index (κ3) is 4.30. The van der Waals surface area contributed by atoms with E-state index in [1.165, 1.54) is 5.56 Å². The zero-order valence-electron chi connectivity index (χ0n) is 11.9. The van der Waals surface area contributed by atoms with Crippen molar-refractivity contribution in [3.05, 3.63) is 34.3 Å². The average Bonchev–Trinajstić information content (AvgIpc) is 2.41. The normalized spacial score (nSPS) is 21.4. The Morgan fingerprint density at radius 3 is 3.00 bits per heavy atom. The molecule has 1 N–H and O–H groups in total. The molecule has 1 aromatic rings. The lowest BCUT2D eigenvalue weighted by Crippen LogP contribution is -2.50. The van der Waals surface area contributed by atoms with Crippen molar-refractivity contribution in [1.82, 2.24) is 10.2 Å². The summed E-state index contributed by atoms with van der Waals surface area (Å²) in [5, 5.41) is 3.03. The molecule has 1 aromatic carbocycles. The van der Waals surface area contributed by atoms with E-state index in [0.29, 0.717) is 13.2 Å². The number of ether oxygens (including phenoxy) is 1. The summed E-state index contributed by atoms with van der Waals surface area (Å²) >= 11 is 3.53. The number of carbonyl (C=O) groups is 1. The minimum absolute atomic E-state index is 0.0175. The Bertz CT molecular complexity index is 467. The van der Waals surface area contributed by atoms with Crippen molar-refractivity contribution in [2.75, 3.05) is 26.7 Å². The fourth-order valence-corrected chi connectivity index (χ4v) is 2.76. The van der Waals surface area contributed by atoms with Crippen molar-refractivity contribution in [1.29, 1.82) is 0 Å². The summed E-state index contributed by atoms with van der Waals surface area (Å²) in [5.74, 6) is -0.0175. The Labute approximate surface area is 128 Å². The summed E-state index contributed by atoms with van der Waals surface area (Å²) in [6, 6.07) is 8.16. The van der Waals surface area contributed by atoms with Gasteiger partial charge in [0.1, 0.15) is 6.10 Å². The number of hydrogen-bond donors (Lipinski definition) is 1. The highest BCUT2D eigenvalue weighted by Crippen LogP contribution is 2.17. The molecule has 1 fully saturated rings. The number of carbonyl (C=O) groups excluding carboxylic acids is 1. The fraction of sp³-hybridized carbons (Fsp3) is 0.533. The SMILES string of the molecule is CC(Cc1ccccc1Br)NC(=O)C1CN(C)CCO1. The molecule has 1 heterocycles. The number of nitrogens with one attached hydrogen (secondary N) is 1. The minimum atomic E-state index is -0.351. The third-order valence-corrected chi connectivity index (χ3v) is 4.21. The van der Waals surface area contributed by atoms with Crippen LogP contribution in [0.25, 0.3) is 0 Å². The highest BCUT2D eigenvalue weighted by atomic mass is 79.9. The third-order valence-electron chi connectivity index (χ3n) is 3.43. The molecule has 2 unspecified atom stereocenters. The fourth-order valence-electron chi connectivity index (χ4n) is 2.32. The number of benzene rings is 1. The Kier molecular flexibility index (Phi) is 5.57. The van der Waals surface area contributed by atoms with Gasteiger partial charge < -0.3 is 15.0 Å². The van der Waals surface area contributed by atoms with Crippen molar-refractivity contribution in [2.24, 2.45) is 0 Å². The van der Waals surface area contributed by atoms with Crippen LogP contribution in [-0.4, -0.2) is 49.7 Å². The number of hydrogen-bond acceptors (Lipinski definition) is 3. The lowest BCUT2D eigenvalue weighted by Gasteiger charge is -2.30. The molecule has 4 nitrogen and oxygen atoms in total. The van der Waals surface area contributed by atoms with E-state index in [4.69, 9.17) is 4.74 Å². The van der Waals surface area contributed by atoms with Gasteiger partial charge in [-0.2, -0.15) is 0 Å². The predicted molar refractivity (Wildman–Crippen MR) is 82.7 cm³/mol. The van der Waals surface area contributed by atoms with Gasteiger partial charge in [0, 0.05) is 23.6 Å². The molecule has 0 spiro atoms. The van der Waals surface area contributed by atoms with Crippen LogP contribution in [0.1, 0.15) is 12.5 Å². The first-order valence-electron chi connectivity index (χ1n) is 6.90. The van der Waals surface area contributed by atoms with Gasteiger partial charge in [-0.25, -0.2) is 0 Å². The maximum absolute atomic E-state index is 12.2. The van der Waals surface area contributed by atoms with E-state index in [1.807, 2.05) is 32.2 Å². The number of halogens is 1. The first-order valence-corrected chi connectivity index (χ1v) is 7.69. The molecule has 0 aromatic heterocycles. The van der Waals surface area contributed by atoms with Crippen LogP contribution in [0.2, 0.25) is 0 Å². The van der Waals surface area contributed by atoms with Crippen molar-refractivity contribution in [3.63, 3.8) is 0 Å². The van der Waals surface area contributed by atoms with Gasteiger partial charge in [0.15, 0.2) is 0 Å². The molecule has 1 amide bonds. The molecule has 2 atom stereocenters. The van der Waals surface area contributed by atoms with E-state index in [9.17, 15) is 4.79 Å². The highest BCUT2D eigenvalue weighted by Gasteiger charge is 2.25. The topological polar surface area (TPSA) is 41.6 Å². The van der Waals surface area contributed by atoms with Gasteiger partial charge in [0.2, 0.25) is 0 Å². The molecule has 0 saturated carbocycles. The second-order valence-electron chi connectivity index (χ2n) is 5.33. The van der Waals surface area contributed by atoms with Gasteiger partial charge in [-0.1, -0.05) is 34.1 Å². The Morgan fingerprint density at radius 2 is 2.30 bits per heavy atom. The smallest absolute Gasteiger partial charge is 0.250 e. The number of rotatable bonds is 4. The molecule has 20 heavy (non-hydrogen) atoms. The van der Waals surface area contributed by atoms with E-state index in [-0.39, 0.29) is 18.1 Å². The van der Waals surface area contributed by atoms with Crippen LogP contribution in [-0.2, 0) is 16.0 Å². The van der Waals surface area contributed by atoms with Crippen LogP contribution in [0.5, 0.6) is 0 Å². The minimum Gasteiger partial charge on any atom is -0.366 e. The van der Waals surface area contributed by atoms with Crippen molar-refractivity contribution < 1.29 is 9.53 Å². The van der Waals surface area contributed by atoms with Crippen LogP contribution in [0.4, 0.5) is 0 Å². The second kappa shape index (κ2) is 7.20. The molecule has 110 valence electrons. The standard InChI is InChI=1S/C15H21BrN2O2/c1-11(9-12-5-3-4-6-13(12)16)17-15(19)14-10-18(2)7-8-20-14/h3-6,11,14H,7-10H2,1-2H3,(H,17,19). The van der Waals surface area contributed by atoms with Gasteiger partial charge in [-0.3, -0.25) is 4.79 Å². The molecular weight excluding hydrogens is 320 g/mol. The van der Waals surface area contributed by atoms with Crippen molar-refractivity contribution in [3.8, 4) is 0 Å².